The molecule has 0 heterocycles. The van der Waals surface area contributed by atoms with Crippen LogP contribution in [-0.4, -0.2) is 44.8 Å². The topological polar surface area (TPSA) is 146 Å². The molecular formula is C24H34O8. The summed E-state index contributed by atoms with van der Waals surface area (Å²) in [6.45, 7) is 5.63. The number of carboxylic acids is 3. The SMILES string of the molecule is CC(CCC(=O)O)C1CCC2C3C(=O)C[C@H](C(=O)O)[C@](C)(CCC(=O)O)C3CC(=O)[C@]12C. The second-order valence-electron chi connectivity index (χ2n) is 10.7. The maximum absolute atomic E-state index is 13.6. The van der Waals surface area contributed by atoms with E-state index in [1.165, 1.54) is 0 Å². The van der Waals surface area contributed by atoms with Gasteiger partial charge in [-0.15, -0.1) is 0 Å². The quantitative estimate of drug-likeness (QED) is 0.511. The molecule has 0 spiro atoms. The fraction of sp³-hybridized carbons (Fsp3) is 0.792. The molecule has 3 N–H and O–H groups in total. The zero-order valence-corrected chi connectivity index (χ0v) is 19.0. The Kier molecular flexibility index (Phi) is 6.55. The molecule has 0 bridgehead atoms. The second-order valence-corrected chi connectivity index (χ2v) is 10.7. The highest BCUT2D eigenvalue weighted by Gasteiger charge is 2.66. The molecule has 3 aliphatic rings. The number of rotatable bonds is 8. The summed E-state index contributed by atoms with van der Waals surface area (Å²) >= 11 is 0. The molecule has 0 saturated heterocycles. The van der Waals surface area contributed by atoms with Crippen LogP contribution in [-0.2, 0) is 24.0 Å². The van der Waals surface area contributed by atoms with Gasteiger partial charge in [0, 0.05) is 37.0 Å². The summed E-state index contributed by atoms with van der Waals surface area (Å²) in [5.74, 6) is -5.28. The monoisotopic (exact) mass is 450 g/mol. The van der Waals surface area contributed by atoms with E-state index in [2.05, 4.69) is 0 Å². The van der Waals surface area contributed by atoms with E-state index in [1.807, 2.05) is 13.8 Å². The van der Waals surface area contributed by atoms with Gasteiger partial charge in [-0.25, -0.2) is 0 Å². The van der Waals surface area contributed by atoms with Crippen LogP contribution in [0.1, 0.15) is 72.1 Å². The van der Waals surface area contributed by atoms with Crippen LogP contribution < -0.4 is 0 Å². The van der Waals surface area contributed by atoms with Crippen molar-refractivity contribution >= 4 is 29.5 Å². The summed E-state index contributed by atoms with van der Waals surface area (Å²) in [5, 5.41) is 28.1. The third-order valence-corrected chi connectivity index (χ3v) is 9.30. The maximum atomic E-state index is 13.6. The highest BCUT2D eigenvalue weighted by molar-refractivity contribution is 5.94. The molecule has 32 heavy (non-hydrogen) atoms. The van der Waals surface area contributed by atoms with Gasteiger partial charge in [0.05, 0.1) is 5.92 Å². The van der Waals surface area contributed by atoms with Crippen LogP contribution in [0.2, 0.25) is 0 Å². The number of hydrogen-bond acceptors (Lipinski definition) is 5. The number of carboxylic acid groups (broad SMARTS) is 3. The maximum Gasteiger partial charge on any atom is 0.307 e. The predicted molar refractivity (Wildman–Crippen MR) is 113 cm³/mol. The van der Waals surface area contributed by atoms with Crippen molar-refractivity contribution < 1.29 is 39.3 Å². The number of aliphatic carboxylic acids is 3. The first kappa shape index (κ1) is 24.4. The summed E-state index contributed by atoms with van der Waals surface area (Å²) in [5.41, 5.74) is -1.69. The van der Waals surface area contributed by atoms with Crippen molar-refractivity contribution in [2.75, 3.05) is 0 Å². The first-order chi connectivity index (χ1) is 14.8. The molecule has 0 aromatic rings. The van der Waals surface area contributed by atoms with Crippen molar-refractivity contribution in [3.05, 3.63) is 0 Å². The summed E-state index contributed by atoms with van der Waals surface area (Å²) < 4.78 is 0. The number of Topliss-reactive ketones (excluding diaryl/α,β-unsaturated/α-hetero) is 2. The summed E-state index contributed by atoms with van der Waals surface area (Å²) in [6, 6.07) is 0. The lowest BCUT2D eigenvalue weighted by molar-refractivity contribution is -0.174. The molecule has 8 heteroatoms. The molecule has 0 amide bonds. The van der Waals surface area contributed by atoms with Gasteiger partial charge in [0.25, 0.3) is 0 Å². The molecule has 3 saturated carbocycles. The Labute approximate surface area is 187 Å². The van der Waals surface area contributed by atoms with E-state index in [4.69, 9.17) is 5.11 Å². The number of hydrogen-bond donors (Lipinski definition) is 3. The lowest BCUT2D eigenvalue weighted by atomic mass is 9.45. The molecule has 0 radical (unpaired) electrons. The van der Waals surface area contributed by atoms with E-state index >= 15 is 0 Å². The Morgan fingerprint density at radius 2 is 1.59 bits per heavy atom. The third-order valence-electron chi connectivity index (χ3n) is 9.30. The van der Waals surface area contributed by atoms with Crippen molar-refractivity contribution in [3.63, 3.8) is 0 Å². The largest absolute Gasteiger partial charge is 0.481 e. The van der Waals surface area contributed by atoms with Crippen LogP contribution in [0.15, 0.2) is 0 Å². The molecule has 3 rings (SSSR count). The number of carbonyl (C=O) groups is 5. The van der Waals surface area contributed by atoms with Gasteiger partial charge in [0.1, 0.15) is 11.6 Å². The lowest BCUT2D eigenvalue weighted by Crippen LogP contribution is -2.60. The smallest absolute Gasteiger partial charge is 0.307 e. The molecule has 3 fully saturated rings. The summed E-state index contributed by atoms with van der Waals surface area (Å²) in [7, 11) is 0. The minimum absolute atomic E-state index is 0.00816. The second kappa shape index (κ2) is 8.60. The molecule has 0 aromatic heterocycles. The van der Waals surface area contributed by atoms with E-state index in [0.717, 1.165) is 6.42 Å². The van der Waals surface area contributed by atoms with Crippen LogP contribution in [0.3, 0.4) is 0 Å². The molecule has 0 aliphatic heterocycles. The fourth-order valence-electron chi connectivity index (χ4n) is 7.48. The van der Waals surface area contributed by atoms with Crippen LogP contribution >= 0.6 is 0 Å². The van der Waals surface area contributed by atoms with Crippen LogP contribution in [0.4, 0.5) is 0 Å². The fourth-order valence-corrected chi connectivity index (χ4v) is 7.48. The minimum atomic E-state index is -1.11. The van der Waals surface area contributed by atoms with Crippen molar-refractivity contribution in [1.29, 1.82) is 0 Å². The van der Waals surface area contributed by atoms with Gasteiger partial charge in [-0.3, -0.25) is 24.0 Å². The van der Waals surface area contributed by atoms with E-state index in [1.54, 1.807) is 6.92 Å². The first-order valence-electron chi connectivity index (χ1n) is 11.6. The number of carbonyl (C=O) groups excluding carboxylic acids is 2. The minimum Gasteiger partial charge on any atom is -0.481 e. The van der Waals surface area contributed by atoms with E-state index in [-0.39, 0.29) is 61.4 Å². The number of fused-ring (bicyclic) bond motifs is 3. The van der Waals surface area contributed by atoms with Crippen molar-refractivity contribution in [3.8, 4) is 0 Å². The molecule has 8 nitrogen and oxygen atoms in total. The molecule has 178 valence electrons. The Balaban J connectivity index is 1.96. The van der Waals surface area contributed by atoms with Gasteiger partial charge >= 0.3 is 17.9 Å². The molecular weight excluding hydrogens is 416 g/mol. The van der Waals surface area contributed by atoms with Crippen LogP contribution in [0.25, 0.3) is 0 Å². The van der Waals surface area contributed by atoms with Gasteiger partial charge in [-0.2, -0.15) is 0 Å². The Hall–Kier alpha value is -2.25. The van der Waals surface area contributed by atoms with Crippen molar-refractivity contribution in [1.82, 2.24) is 0 Å². The average molecular weight is 451 g/mol. The molecule has 3 aliphatic carbocycles. The van der Waals surface area contributed by atoms with Gasteiger partial charge < -0.3 is 15.3 Å². The zero-order chi connectivity index (χ0) is 24.0. The first-order valence-corrected chi connectivity index (χ1v) is 11.6. The van der Waals surface area contributed by atoms with E-state index < -0.39 is 46.5 Å². The van der Waals surface area contributed by atoms with Gasteiger partial charge in [0.2, 0.25) is 0 Å². The van der Waals surface area contributed by atoms with Crippen LogP contribution in [0, 0.1) is 46.3 Å². The number of ketones is 2. The lowest BCUT2D eigenvalue weighted by Gasteiger charge is -2.56. The van der Waals surface area contributed by atoms with Crippen molar-refractivity contribution in [2.24, 2.45) is 46.3 Å². The normalized spacial score (nSPS) is 39.8. The average Bonchev–Trinajstić information content (AvgIpc) is 3.06. The van der Waals surface area contributed by atoms with Gasteiger partial charge in [0.15, 0.2) is 0 Å². The van der Waals surface area contributed by atoms with E-state index in [0.29, 0.717) is 12.8 Å². The predicted octanol–water partition coefficient (Wildman–Crippen LogP) is 3.27. The summed E-state index contributed by atoms with van der Waals surface area (Å²) in [4.78, 5) is 61.3. The molecule has 0 aromatic carbocycles. The highest BCUT2D eigenvalue weighted by Crippen LogP contribution is 2.65. The van der Waals surface area contributed by atoms with Gasteiger partial charge in [-0.05, 0) is 54.8 Å². The Morgan fingerprint density at radius 3 is 2.16 bits per heavy atom. The molecule has 5 unspecified atom stereocenters. The van der Waals surface area contributed by atoms with E-state index in [9.17, 15) is 34.2 Å². The third kappa shape index (κ3) is 3.86. The Morgan fingerprint density at radius 1 is 0.969 bits per heavy atom. The highest BCUT2D eigenvalue weighted by atomic mass is 16.4. The zero-order valence-electron chi connectivity index (χ0n) is 19.0. The van der Waals surface area contributed by atoms with Crippen molar-refractivity contribution in [2.45, 2.75) is 72.1 Å². The van der Waals surface area contributed by atoms with Gasteiger partial charge in [-0.1, -0.05) is 20.8 Å². The standard InChI is InChI=1S/C24H34O8/c1-12(4-7-19(27)28)13-5-6-14-21-15(11-18(26)24(13,14)3)23(2,9-8-20(29)30)16(22(31)32)10-17(21)25/h12-16,21H,4-11H2,1-3H3,(H,27,28)(H,29,30)(H,31,32)/t12?,13?,14?,15?,16-,21?,23-,24-/m1/s1. The summed E-state index contributed by atoms with van der Waals surface area (Å²) in [6.07, 6.45) is 1.76. The molecule has 8 atom stereocenters. The van der Waals surface area contributed by atoms with Crippen LogP contribution in [0.5, 0.6) is 0 Å². The Bertz CT molecular complexity index is 834.